The first kappa shape index (κ1) is 30.9. The van der Waals surface area contributed by atoms with Crippen molar-refractivity contribution in [1.82, 2.24) is 29.5 Å². The van der Waals surface area contributed by atoms with E-state index in [0.717, 1.165) is 0 Å². The second-order valence-corrected chi connectivity index (χ2v) is 11.2. The average molecular weight is 617 g/mol. The highest BCUT2D eigenvalue weighted by Crippen LogP contribution is 2.32. The van der Waals surface area contributed by atoms with Crippen molar-refractivity contribution in [3.8, 4) is 11.6 Å². The van der Waals surface area contributed by atoms with Gasteiger partial charge in [0.05, 0.1) is 41.6 Å². The fraction of sp³-hybridized carbons (Fsp3) is 0.323. The number of nitrogens with zero attached hydrogens (tertiary/aromatic N) is 5. The summed E-state index contributed by atoms with van der Waals surface area (Å²) in [4.78, 5) is 73.6. The molecule has 0 radical (unpaired) electrons. The zero-order valence-corrected chi connectivity index (χ0v) is 25.0. The number of Topliss-reactive ketones (excluding diaryl/α,β-unsaturated/α-hetero) is 1. The number of amides is 2. The summed E-state index contributed by atoms with van der Waals surface area (Å²) in [6.07, 6.45) is 4.12. The summed E-state index contributed by atoms with van der Waals surface area (Å²) in [5, 5.41) is 14.0. The number of aromatic amines is 1. The molecule has 0 spiro atoms. The number of piperazine rings is 1. The number of ketones is 1. The van der Waals surface area contributed by atoms with E-state index < -0.39 is 29.0 Å². The van der Waals surface area contributed by atoms with Gasteiger partial charge in [-0.2, -0.15) is 5.10 Å². The molecular formula is C31H32N6O8. The second-order valence-electron chi connectivity index (χ2n) is 11.2. The topological polar surface area (TPSA) is 177 Å². The van der Waals surface area contributed by atoms with Gasteiger partial charge in [0.15, 0.2) is 5.82 Å². The number of hydrogen-bond donors (Lipinski definition) is 2. The van der Waals surface area contributed by atoms with Gasteiger partial charge in [-0.3, -0.25) is 24.0 Å². The molecule has 0 aliphatic carbocycles. The van der Waals surface area contributed by atoms with Crippen LogP contribution in [-0.4, -0.2) is 97.5 Å². The number of rotatable bonds is 10. The van der Waals surface area contributed by atoms with E-state index in [4.69, 9.17) is 9.47 Å². The number of carbonyl (C=O) groups is 5. The number of esters is 1. The van der Waals surface area contributed by atoms with Gasteiger partial charge < -0.3 is 29.4 Å². The Balaban J connectivity index is 1.30. The Labute approximate surface area is 257 Å². The Morgan fingerprint density at radius 2 is 1.69 bits per heavy atom. The van der Waals surface area contributed by atoms with Crippen LogP contribution in [0.4, 0.5) is 0 Å². The molecular weight excluding hydrogens is 584 g/mol. The van der Waals surface area contributed by atoms with E-state index in [1.807, 2.05) is 6.07 Å². The van der Waals surface area contributed by atoms with Crippen LogP contribution in [0.1, 0.15) is 46.7 Å². The lowest BCUT2D eigenvalue weighted by Crippen LogP contribution is -2.52. The predicted octanol–water partition coefficient (Wildman–Crippen LogP) is 2.47. The summed E-state index contributed by atoms with van der Waals surface area (Å²) in [6.45, 7) is 3.70. The third kappa shape index (κ3) is 6.39. The van der Waals surface area contributed by atoms with E-state index in [1.165, 1.54) is 42.9 Å². The molecule has 14 nitrogen and oxygen atoms in total. The Morgan fingerprint density at radius 1 is 1.00 bits per heavy atom. The molecule has 45 heavy (non-hydrogen) atoms. The van der Waals surface area contributed by atoms with Crippen LogP contribution in [0.5, 0.6) is 5.75 Å². The molecule has 0 atom stereocenters. The van der Waals surface area contributed by atoms with Crippen LogP contribution >= 0.6 is 0 Å². The lowest BCUT2D eigenvalue weighted by atomic mass is 9.90. The van der Waals surface area contributed by atoms with Crippen LogP contribution in [0.2, 0.25) is 0 Å². The van der Waals surface area contributed by atoms with Crippen LogP contribution in [0.15, 0.2) is 55.0 Å². The van der Waals surface area contributed by atoms with E-state index in [2.05, 4.69) is 15.1 Å². The maximum atomic E-state index is 13.5. The third-order valence-corrected chi connectivity index (χ3v) is 7.60. The summed E-state index contributed by atoms with van der Waals surface area (Å²) in [5.74, 6) is -2.78. The zero-order chi connectivity index (χ0) is 32.3. The van der Waals surface area contributed by atoms with Crippen molar-refractivity contribution in [3.05, 3.63) is 71.8 Å². The van der Waals surface area contributed by atoms with Crippen molar-refractivity contribution in [1.29, 1.82) is 0 Å². The number of carboxylic acids is 1. The number of pyridine rings is 1. The lowest BCUT2D eigenvalue weighted by molar-refractivity contribution is -0.157. The summed E-state index contributed by atoms with van der Waals surface area (Å²) in [5.41, 5.74) is 0.160. The normalized spacial score (nSPS) is 13.5. The van der Waals surface area contributed by atoms with Gasteiger partial charge in [-0.05, 0) is 32.0 Å². The Bertz CT molecular complexity index is 1770. The van der Waals surface area contributed by atoms with Gasteiger partial charge in [-0.15, -0.1) is 0 Å². The molecule has 14 heteroatoms. The van der Waals surface area contributed by atoms with Crippen LogP contribution in [0.3, 0.4) is 0 Å². The fourth-order valence-electron chi connectivity index (χ4n) is 4.95. The van der Waals surface area contributed by atoms with Gasteiger partial charge in [0.25, 0.3) is 17.6 Å². The van der Waals surface area contributed by atoms with Crippen molar-refractivity contribution in [2.45, 2.75) is 26.9 Å². The van der Waals surface area contributed by atoms with Gasteiger partial charge in [-0.1, -0.05) is 18.2 Å². The molecule has 1 aliphatic rings. The summed E-state index contributed by atoms with van der Waals surface area (Å²) < 4.78 is 12.1. The molecule has 1 saturated heterocycles. The number of H-pyrrole nitrogens is 1. The molecule has 2 N–H and O–H groups in total. The first-order valence-corrected chi connectivity index (χ1v) is 14.2. The highest BCUT2D eigenvalue weighted by molar-refractivity contribution is 6.45. The average Bonchev–Trinajstić information content (AvgIpc) is 3.71. The summed E-state index contributed by atoms with van der Waals surface area (Å²) >= 11 is 0. The number of carboxylic acid groups (broad SMARTS) is 1. The maximum Gasteiger partial charge on any atom is 0.309 e. The number of fused-ring (bicyclic) bond motifs is 1. The molecule has 2 amide bonds. The third-order valence-electron chi connectivity index (χ3n) is 7.60. The van der Waals surface area contributed by atoms with Crippen LogP contribution < -0.4 is 4.74 Å². The van der Waals surface area contributed by atoms with Crippen molar-refractivity contribution >= 4 is 40.4 Å². The molecule has 5 rings (SSSR count). The number of carbonyl (C=O) groups excluding carboxylic acids is 4. The van der Waals surface area contributed by atoms with Gasteiger partial charge >= 0.3 is 11.9 Å². The number of benzene rings is 1. The Hall–Kier alpha value is -5.53. The quantitative estimate of drug-likeness (QED) is 0.153. The van der Waals surface area contributed by atoms with Crippen LogP contribution in [0, 0.1) is 5.41 Å². The van der Waals surface area contributed by atoms with E-state index in [0.29, 0.717) is 41.1 Å². The van der Waals surface area contributed by atoms with Gasteiger partial charge in [0.1, 0.15) is 18.1 Å². The second kappa shape index (κ2) is 12.6. The number of methoxy groups -OCH3 is 1. The van der Waals surface area contributed by atoms with Crippen LogP contribution in [0.25, 0.3) is 16.7 Å². The molecule has 3 aromatic heterocycles. The monoisotopic (exact) mass is 616 g/mol. The van der Waals surface area contributed by atoms with Crippen molar-refractivity contribution in [2.75, 3.05) is 33.3 Å². The first-order valence-electron chi connectivity index (χ1n) is 14.2. The van der Waals surface area contributed by atoms with E-state index >= 15 is 0 Å². The van der Waals surface area contributed by atoms with E-state index in [-0.39, 0.29) is 43.3 Å². The molecule has 1 aromatic carbocycles. The lowest BCUT2D eigenvalue weighted by Gasteiger charge is -2.34. The van der Waals surface area contributed by atoms with Gasteiger partial charge in [0.2, 0.25) is 0 Å². The van der Waals surface area contributed by atoms with Crippen molar-refractivity contribution < 1.29 is 38.6 Å². The SMILES string of the molecule is COc1cnc(-n2ccc(COC(=O)CC(C)(C)C(=O)O)n2)c2[nH]cc(C(=O)C(=O)N3CCN(C(=O)c4ccccc4)CC3)c12. The molecule has 1 fully saturated rings. The van der Waals surface area contributed by atoms with Crippen LogP contribution in [-0.2, 0) is 25.7 Å². The van der Waals surface area contributed by atoms with Crippen molar-refractivity contribution in [2.24, 2.45) is 5.41 Å². The number of hydrogen-bond acceptors (Lipinski definition) is 9. The highest BCUT2D eigenvalue weighted by Gasteiger charge is 2.32. The molecule has 0 saturated carbocycles. The predicted molar refractivity (Wildman–Crippen MR) is 159 cm³/mol. The van der Waals surface area contributed by atoms with Gasteiger partial charge in [0, 0.05) is 44.1 Å². The molecule has 234 valence electrons. The standard InChI is InChI=1S/C31H32N6O8/c1-31(2,30(42)43)15-23(38)45-18-20-9-10-37(34-20)27-25-24(22(44-3)17-33-27)21(16-32-25)26(39)29(41)36-13-11-35(12-14-36)28(40)19-7-5-4-6-8-19/h4-10,16-17,32H,11-15,18H2,1-3H3,(H,42,43). The molecule has 4 aromatic rings. The highest BCUT2D eigenvalue weighted by atomic mass is 16.5. The Kier molecular flexibility index (Phi) is 8.66. The first-order chi connectivity index (χ1) is 21.5. The largest absolute Gasteiger partial charge is 0.494 e. The molecule has 4 heterocycles. The minimum atomic E-state index is -1.27. The summed E-state index contributed by atoms with van der Waals surface area (Å²) in [7, 11) is 1.42. The molecule has 0 bridgehead atoms. The minimum Gasteiger partial charge on any atom is -0.494 e. The van der Waals surface area contributed by atoms with E-state index in [1.54, 1.807) is 41.4 Å². The molecule has 0 unspecified atom stereocenters. The van der Waals surface area contributed by atoms with E-state index in [9.17, 15) is 29.1 Å². The Morgan fingerprint density at radius 3 is 2.36 bits per heavy atom. The summed E-state index contributed by atoms with van der Waals surface area (Å²) in [6, 6.07) is 10.5. The number of ether oxygens (including phenoxy) is 2. The maximum absolute atomic E-state index is 13.5. The minimum absolute atomic E-state index is 0.0978. The number of nitrogens with one attached hydrogen (secondary N) is 1. The van der Waals surface area contributed by atoms with Gasteiger partial charge in [-0.25, -0.2) is 9.67 Å². The number of aliphatic carboxylic acids is 1. The zero-order valence-electron chi connectivity index (χ0n) is 25.0. The fourth-order valence-corrected chi connectivity index (χ4v) is 4.95. The van der Waals surface area contributed by atoms with Crippen molar-refractivity contribution in [3.63, 3.8) is 0 Å². The smallest absolute Gasteiger partial charge is 0.309 e. The molecule has 1 aliphatic heterocycles. The number of aromatic nitrogens is 4.